The first-order valence-electron chi connectivity index (χ1n) is 8.06. The van der Waals surface area contributed by atoms with Crippen molar-refractivity contribution in [3.8, 4) is 11.5 Å². The van der Waals surface area contributed by atoms with Crippen molar-refractivity contribution in [3.05, 3.63) is 58.7 Å². The van der Waals surface area contributed by atoms with Gasteiger partial charge in [0.2, 0.25) is 0 Å². The number of rotatable bonds is 6. The summed E-state index contributed by atoms with van der Waals surface area (Å²) in [5, 5.41) is 0. The normalized spacial score (nSPS) is 10.4. The number of ether oxygens (including phenoxy) is 2. The minimum absolute atomic E-state index is 0.235. The summed E-state index contributed by atoms with van der Waals surface area (Å²) in [6.07, 6.45) is 1.27. The van der Waals surface area contributed by atoms with E-state index in [0.717, 1.165) is 23.3 Å². The van der Waals surface area contributed by atoms with Crippen LogP contribution in [-0.2, 0) is 17.8 Å². The largest absolute Gasteiger partial charge is 0.488 e. The van der Waals surface area contributed by atoms with Crippen LogP contribution in [0.15, 0.2) is 36.4 Å². The van der Waals surface area contributed by atoms with Crippen LogP contribution < -0.4 is 9.47 Å². The van der Waals surface area contributed by atoms with Gasteiger partial charge in [-0.1, -0.05) is 43.7 Å². The molecule has 3 heteroatoms. The number of aryl methyl sites for hydroxylation is 3. The molecule has 0 atom stereocenters. The van der Waals surface area contributed by atoms with Crippen LogP contribution in [0.4, 0.5) is 0 Å². The van der Waals surface area contributed by atoms with Gasteiger partial charge in [0.05, 0.1) is 0 Å². The maximum Gasteiger partial charge on any atom is 0.310 e. The molecule has 0 saturated heterocycles. The number of benzene rings is 2. The van der Waals surface area contributed by atoms with Gasteiger partial charge in [-0.2, -0.15) is 0 Å². The molecule has 0 aromatic heterocycles. The molecule has 0 spiro atoms. The zero-order chi connectivity index (χ0) is 16.8. The molecule has 0 bridgehead atoms. The Morgan fingerprint density at radius 1 is 1.04 bits per heavy atom. The third kappa shape index (κ3) is 4.35. The lowest BCUT2D eigenvalue weighted by molar-refractivity contribution is -0.134. The van der Waals surface area contributed by atoms with Crippen LogP contribution in [0.2, 0.25) is 0 Å². The molecule has 0 amide bonds. The summed E-state index contributed by atoms with van der Waals surface area (Å²) in [5.41, 5.74) is 4.38. The van der Waals surface area contributed by atoms with E-state index in [9.17, 15) is 4.79 Å². The average Bonchev–Trinajstić information content (AvgIpc) is 2.55. The van der Waals surface area contributed by atoms with Gasteiger partial charge in [-0.3, -0.25) is 4.79 Å². The third-order valence-corrected chi connectivity index (χ3v) is 3.85. The molecule has 2 rings (SSSR count). The van der Waals surface area contributed by atoms with Crippen molar-refractivity contribution in [1.29, 1.82) is 0 Å². The Morgan fingerprint density at radius 3 is 2.52 bits per heavy atom. The van der Waals surface area contributed by atoms with Crippen LogP contribution in [0.1, 0.15) is 42.5 Å². The summed E-state index contributed by atoms with van der Waals surface area (Å²) in [5.74, 6) is 1.23. The van der Waals surface area contributed by atoms with Crippen LogP contribution in [0, 0.1) is 13.8 Å². The van der Waals surface area contributed by atoms with Gasteiger partial charge >= 0.3 is 5.97 Å². The molecular weight excluding hydrogens is 288 g/mol. The lowest BCUT2D eigenvalue weighted by atomic mass is 10.1. The van der Waals surface area contributed by atoms with E-state index in [1.54, 1.807) is 6.92 Å². The van der Waals surface area contributed by atoms with E-state index in [0.29, 0.717) is 18.8 Å². The van der Waals surface area contributed by atoms with Crippen molar-refractivity contribution in [2.45, 2.75) is 47.1 Å². The standard InChI is InChI=1S/C20H24O3/c1-5-16-12-14(3)10-11-18(16)22-13-17-15(4)8-7-9-19(17)23-20(21)6-2/h7-12H,5-6,13H2,1-4H3. The number of carbonyl (C=O) groups excluding carboxylic acids is 1. The minimum Gasteiger partial charge on any atom is -0.488 e. The molecule has 2 aromatic carbocycles. The fourth-order valence-electron chi connectivity index (χ4n) is 2.43. The number of esters is 1. The first-order chi connectivity index (χ1) is 11.0. The van der Waals surface area contributed by atoms with Crippen LogP contribution in [0.25, 0.3) is 0 Å². The first-order valence-corrected chi connectivity index (χ1v) is 8.06. The van der Waals surface area contributed by atoms with Crippen molar-refractivity contribution in [2.75, 3.05) is 0 Å². The number of carbonyl (C=O) groups is 1. The Morgan fingerprint density at radius 2 is 1.83 bits per heavy atom. The predicted octanol–water partition coefficient (Wildman–Crippen LogP) is 4.76. The highest BCUT2D eigenvalue weighted by Crippen LogP contribution is 2.27. The maximum atomic E-state index is 11.6. The molecular formula is C20H24O3. The zero-order valence-corrected chi connectivity index (χ0v) is 14.3. The SMILES string of the molecule is CCC(=O)Oc1cccc(C)c1COc1ccc(C)cc1CC. The summed E-state index contributed by atoms with van der Waals surface area (Å²) in [6.45, 7) is 8.36. The summed E-state index contributed by atoms with van der Waals surface area (Å²) >= 11 is 0. The van der Waals surface area contributed by atoms with Crippen LogP contribution in [0.5, 0.6) is 11.5 Å². The summed E-state index contributed by atoms with van der Waals surface area (Å²) in [6, 6.07) is 11.9. The van der Waals surface area contributed by atoms with Gasteiger partial charge in [-0.15, -0.1) is 0 Å². The molecule has 2 aromatic rings. The quantitative estimate of drug-likeness (QED) is 0.570. The van der Waals surface area contributed by atoms with Gasteiger partial charge in [0.1, 0.15) is 18.1 Å². The molecule has 0 radical (unpaired) electrons. The van der Waals surface area contributed by atoms with Crippen molar-refractivity contribution in [1.82, 2.24) is 0 Å². The zero-order valence-electron chi connectivity index (χ0n) is 14.3. The molecule has 122 valence electrons. The maximum absolute atomic E-state index is 11.6. The second kappa shape index (κ2) is 7.82. The van der Waals surface area contributed by atoms with E-state index in [4.69, 9.17) is 9.47 Å². The molecule has 0 aliphatic rings. The van der Waals surface area contributed by atoms with E-state index < -0.39 is 0 Å². The smallest absolute Gasteiger partial charge is 0.310 e. The summed E-state index contributed by atoms with van der Waals surface area (Å²) < 4.78 is 11.4. The Bertz CT molecular complexity index is 689. The van der Waals surface area contributed by atoms with Gasteiger partial charge in [-0.05, 0) is 43.5 Å². The van der Waals surface area contributed by atoms with Crippen LogP contribution in [0.3, 0.4) is 0 Å². The van der Waals surface area contributed by atoms with Gasteiger partial charge in [0, 0.05) is 12.0 Å². The minimum atomic E-state index is -0.235. The van der Waals surface area contributed by atoms with E-state index in [2.05, 4.69) is 19.9 Å². The van der Waals surface area contributed by atoms with Crippen molar-refractivity contribution in [2.24, 2.45) is 0 Å². The van der Waals surface area contributed by atoms with E-state index in [1.807, 2.05) is 37.3 Å². The molecule has 0 saturated carbocycles. The van der Waals surface area contributed by atoms with Gasteiger partial charge in [0.15, 0.2) is 0 Å². The molecule has 0 aliphatic heterocycles. The predicted molar refractivity (Wildman–Crippen MR) is 92.0 cm³/mol. The molecule has 0 aliphatic carbocycles. The van der Waals surface area contributed by atoms with Crippen molar-refractivity contribution < 1.29 is 14.3 Å². The highest BCUT2D eigenvalue weighted by molar-refractivity contribution is 5.72. The second-order valence-corrected chi connectivity index (χ2v) is 5.63. The van der Waals surface area contributed by atoms with Crippen LogP contribution in [-0.4, -0.2) is 5.97 Å². The topological polar surface area (TPSA) is 35.5 Å². The van der Waals surface area contributed by atoms with E-state index in [-0.39, 0.29) is 5.97 Å². The summed E-state index contributed by atoms with van der Waals surface area (Å²) in [7, 11) is 0. The Labute approximate surface area is 138 Å². The lowest BCUT2D eigenvalue weighted by Gasteiger charge is -2.15. The number of hydrogen-bond acceptors (Lipinski definition) is 3. The van der Waals surface area contributed by atoms with E-state index >= 15 is 0 Å². The Balaban J connectivity index is 2.22. The monoisotopic (exact) mass is 312 g/mol. The van der Waals surface area contributed by atoms with Crippen molar-refractivity contribution >= 4 is 5.97 Å². The molecule has 0 heterocycles. The highest BCUT2D eigenvalue weighted by Gasteiger charge is 2.12. The van der Waals surface area contributed by atoms with E-state index in [1.165, 1.54) is 11.1 Å². The van der Waals surface area contributed by atoms with Gasteiger partial charge < -0.3 is 9.47 Å². The lowest BCUT2D eigenvalue weighted by Crippen LogP contribution is -2.09. The molecule has 0 fully saturated rings. The highest BCUT2D eigenvalue weighted by atomic mass is 16.5. The molecule has 0 N–H and O–H groups in total. The molecule has 0 unspecified atom stereocenters. The first kappa shape index (κ1) is 17.1. The fourth-order valence-corrected chi connectivity index (χ4v) is 2.43. The van der Waals surface area contributed by atoms with Gasteiger partial charge in [0.25, 0.3) is 0 Å². The van der Waals surface area contributed by atoms with Crippen LogP contribution >= 0.6 is 0 Å². The molecule has 23 heavy (non-hydrogen) atoms. The second-order valence-electron chi connectivity index (χ2n) is 5.63. The Kier molecular flexibility index (Phi) is 5.80. The summed E-state index contributed by atoms with van der Waals surface area (Å²) in [4.78, 5) is 11.6. The molecule has 3 nitrogen and oxygen atoms in total. The number of hydrogen-bond donors (Lipinski definition) is 0. The Hall–Kier alpha value is -2.29. The third-order valence-electron chi connectivity index (χ3n) is 3.85. The van der Waals surface area contributed by atoms with Crippen molar-refractivity contribution in [3.63, 3.8) is 0 Å². The average molecular weight is 312 g/mol. The fraction of sp³-hybridized carbons (Fsp3) is 0.350. The van der Waals surface area contributed by atoms with Gasteiger partial charge in [-0.25, -0.2) is 0 Å².